The van der Waals surface area contributed by atoms with Gasteiger partial charge >= 0.3 is 0 Å². The van der Waals surface area contributed by atoms with Crippen LogP contribution in [0.25, 0.3) is 0 Å². The number of carbonyl (C=O) groups is 1. The molecule has 0 aromatic heterocycles. The maximum absolute atomic E-state index is 12.9. The van der Waals surface area contributed by atoms with Gasteiger partial charge in [0.05, 0.1) is 21.8 Å². The smallest absolute Gasteiger partial charge is 0.242 e. The van der Waals surface area contributed by atoms with Crippen LogP contribution in [0, 0.1) is 18.2 Å². The summed E-state index contributed by atoms with van der Waals surface area (Å²) in [5.74, 6) is 1.14. The molecule has 0 radical (unpaired) electrons. The van der Waals surface area contributed by atoms with Crippen molar-refractivity contribution >= 4 is 34.8 Å². The first-order chi connectivity index (χ1) is 7.95. The summed E-state index contributed by atoms with van der Waals surface area (Å²) in [5.41, 5.74) is 5.61. The lowest BCUT2D eigenvalue weighted by molar-refractivity contribution is -0.117. The number of anilines is 1. The summed E-state index contributed by atoms with van der Waals surface area (Å²) in [4.78, 5) is 11.5. The Morgan fingerprint density at radius 2 is 2.06 bits per heavy atom. The molecule has 0 bridgehead atoms. The Morgan fingerprint density at radius 3 is 2.53 bits per heavy atom. The van der Waals surface area contributed by atoms with E-state index in [1.165, 1.54) is 0 Å². The molecule has 90 valence electrons. The van der Waals surface area contributed by atoms with E-state index in [2.05, 4.69) is 11.2 Å². The molecule has 0 aliphatic rings. The lowest BCUT2D eigenvalue weighted by Gasteiger charge is -2.12. The normalized spacial score (nSPS) is 11.7. The summed E-state index contributed by atoms with van der Waals surface area (Å²) in [6.07, 6.45) is 5.11. The summed E-state index contributed by atoms with van der Waals surface area (Å²) < 4.78 is 12.9. The fourth-order valence-electron chi connectivity index (χ4n) is 1.10. The van der Waals surface area contributed by atoms with E-state index in [9.17, 15) is 9.18 Å². The molecule has 0 heterocycles. The molecule has 0 spiro atoms. The first-order valence-corrected chi connectivity index (χ1v) is 5.35. The van der Waals surface area contributed by atoms with E-state index in [0.29, 0.717) is 0 Å². The van der Waals surface area contributed by atoms with Gasteiger partial charge in [0.2, 0.25) is 5.91 Å². The van der Waals surface area contributed by atoms with Crippen molar-refractivity contribution in [3.63, 3.8) is 0 Å². The molecule has 0 saturated heterocycles. The third-order valence-corrected chi connectivity index (χ3v) is 2.53. The Bertz CT molecular complexity index is 462. The van der Waals surface area contributed by atoms with Crippen LogP contribution in [0.1, 0.15) is 6.42 Å². The largest absolute Gasteiger partial charge is 0.322 e. The van der Waals surface area contributed by atoms with Crippen LogP contribution < -0.4 is 11.1 Å². The molecule has 1 unspecified atom stereocenters. The van der Waals surface area contributed by atoms with Crippen LogP contribution in [-0.4, -0.2) is 11.9 Å². The number of carbonyl (C=O) groups excluding carboxylic acids is 1. The molecule has 1 aromatic carbocycles. The van der Waals surface area contributed by atoms with Crippen molar-refractivity contribution in [1.29, 1.82) is 0 Å². The van der Waals surface area contributed by atoms with E-state index < -0.39 is 17.8 Å². The topological polar surface area (TPSA) is 55.1 Å². The average molecular weight is 275 g/mol. The van der Waals surface area contributed by atoms with Crippen molar-refractivity contribution in [3.8, 4) is 12.3 Å². The fourth-order valence-corrected chi connectivity index (χ4v) is 1.65. The summed E-state index contributed by atoms with van der Waals surface area (Å²) in [6.45, 7) is 0. The molecule has 17 heavy (non-hydrogen) atoms. The number of halogens is 3. The minimum atomic E-state index is -0.864. The van der Waals surface area contributed by atoms with Crippen LogP contribution in [0.3, 0.4) is 0 Å². The lowest BCUT2D eigenvalue weighted by Crippen LogP contribution is -2.35. The number of hydrogen-bond acceptors (Lipinski definition) is 2. The van der Waals surface area contributed by atoms with Gasteiger partial charge in [-0.15, -0.1) is 12.3 Å². The van der Waals surface area contributed by atoms with Crippen LogP contribution in [0.2, 0.25) is 10.0 Å². The number of amides is 1. The summed E-state index contributed by atoms with van der Waals surface area (Å²) >= 11 is 11.5. The average Bonchev–Trinajstić information content (AvgIpc) is 2.23. The number of nitrogens with two attached hydrogens (primary N) is 1. The van der Waals surface area contributed by atoms with E-state index in [-0.39, 0.29) is 22.2 Å². The molecule has 0 aliphatic heterocycles. The van der Waals surface area contributed by atoms with Gasteiger partial charge in [0, 0.05) is 6.42 Å². The van der Waals surface area contributed by atoms with E-state index in [0.717, 1.165) is 12.1 Å². The molecule has 0 fully saturated rings. The Balaban J connectivity index is 2.90. The SMILES string of the molecule is C#CCC(N)C(=O)Nc1c(Cl)cc(F)cc1Cl. The quantitative estimate of drug-likeness (QED) is 0.832. The second-order valence-electron chi connectivity index (χ2n) is 3.25. The molecule has 3 N–H and O–H groups in total. The summed E-state index contributed by atoms with van der Waals surface area (Å²) in [5, 5.41) is 2.39. The standard InChI is InChI=1S/C11H9Cl2FN2O/c1-2-3-9(15)11(17)16-10-7(12)4-6(14)5-8(10)13/h1,4-5,9H,3,15H2,(H,16,17). The second kappa shape index (κ2) is 5.87. The highest BCUT2D eigenvalue weighted by molar-refractivity contribution is 6.39. The van der Waals surface area contributed by atoms with Gasteiger partial charge in [-0.25, -0.2) is 4.39 Å². The maximum atomic E-state index is 12.9. The first kappa shape index (κ1) is 13.8. The lowest BCUT2D eigenvalue weighted by atomic mass is 10.2. The molecule has 1 amide bonds. The van der Waals surface area contributed by atoms with E-state index >= 15 is 0 Å². The number of benzene rings is 1. The van der Waals surface area contributed by atoms with Crippen LogP contribution in [0.5, 0.6) is 0 Å². The number of rotatable bonds is 3. The zero-order valence-corrected chi connectivity index (χ0v) is 10.1. The van der Waals surface area contributed by atoms with Crippen molar-refractivity contribution in [2.24, 2.45) is 5.73 Å². The molecule has 1 rings (SSSR count). The van der Waals surface area contributed by atoms with Gasteiger partial charge in [0.15, 0.2) is 0 Å². The van der Waals surface area contributed by atoms with E-state index in [4.69, 9.17) is 35.4 Å². The van der Waals surface area contributed by atoms with Gasteiger partial charge in [-0.3, -0.25) is 4.79 Å². The van der Waals surface area contributed by atoms with Gasteiger partial charge in [0.25, 0.3) is 0 Å². The summed E-state index contributed by atoms with van der Waals surface area (Å²) in [6, 6.07) is 1.21. The summed E-state index contributed by atoms with van der Waals surface area (Å²) in [7, 11) is 0. The molecule has 0 saturated carbocycles. The Hall–Kier alpha value is -1.28. The molecule has 3 nitrogen and oxygen atoms in total. The molecular formula is C11H9Cl2FN2O. The van der Waals surface area contributed by atoms with Crippen LogP contribution in [-0.2, 0) is 4.79 Å². The maximum Gasteiger partial charge on any atom is 0.242 e. The Kier molecular flexibility index (Phi) is 4.76. The zero-order chi connectivity index (χ0) is 13.0. The van der Waals surface area contributed by atoms with Crippen molar-refractivity contribution in [3.05, 3.63) is 28.0 Å². The highest BCUT2D eigenvalue weighted by Gasteiger charge is 2.16. The predicted molar refractivity (Wildman–Crippen MR) is 66.5 cm³/mol. The zero-order valence-electron chi connectivity index (χ0n) is 8.64. The van der Waals surface area contributed by atoms with Gasteiger partial charge in [0.1, 0.15) is 5.82 Å². The molecule has 1 atom stereocenters. The van der Waals surface area contributed by atoms with Gasteiger partial charge in [-0.05, 0) is 12.1 Å². The van der Waals surface area contributed by atoms with Gasteiger partial charge in [-0.2, -0.15) is 0 Å². The minimum Gasteiger partial charge on any atom is -0.322 e. The molecular weight excluding hydrogens is 266 g/mol. The van der Waals surface area contributed by atoms with Gasteiger partial charge < -0.3 is 11.1 Å². The second-order valence-corrected chi connectivity index (χ2v) is 4.06. The third kappa shape index (κ3) is 3.60. The minimum absolute atomic E-state index is 0.00347. The van der Waals surface area contributed by atoms with Crippen LogP contribution in [0.4, 0.5) is 10.1 Å². The number of hydrogen-bond donors (Lipinski definition) is 2. The van der Waals surface area contributed by atoms with Crippen LogP contribution in [0.15, 0.2) is 12.1 Å². The number of terminal acetylenes is 1. The van der Waals surface area contributed by atoms with E-state index in [1.807, 2.05) is 0 Å². The van der Waals surface area contributed by atoms with E-state index in [1.54, 1.807) is 0 Å². The van der Waals surface area contributed by atoms with Crippen molar-refractivity contribution in [2.45, 2.75) is 12.5 Å². The number of nitrogens with one attached hydrogen (secondary N) is 1. The monoisotopic (exact) mass is 274 g/mol. The Labute approximate surface area is 108 Å². The highest BCUT2D eigenvalue weighted by Crippen LogP contribution is 2.31. The first-order valence-electron chi connectivity index (χ1n) is 4.60. The molecule has 1 aromatic rings. The molecule has 0 aliphatic carbocycles. The van der Waals surface area contributed by atoms with Crippen molar-refractivity contribution in [2.75, 3.05) is 5.32 Å². The van der Waals surface area contributed by atoms with Crippen molar-refractivity contribution in [1.82, 2.24) is 0 Å². The molecule has 6 heteroatoms. The van der Waals surface area contributed by atoms with Crippen molar-refractivity contribution < 1.29 is 9.18 Å². The fraction of sp³-hybridized carbons (Fsp3) is 0.182. The van der Waals surface area contributed by atoms with Crippen LogP contribution >= 0.6 is 23.2 Å². The van der Waals surface area contributed by atoms with Gasteiger partial charge in [-0.1, -0.05) is 23.2 Å². The highest BCUT2D eigenvalue weighted by atomic mass is 35.5. The predicted octanol–water partition coefficient (Wildman–Crippen LogP) is 2.42. The third-order valence-electron chi connectivity index (χ3n) is 1.93. The Morgan fingerprint density at radius 1 is 1.53 bits per heavy atom.